The number of rotatable bonds is 7. The second-order valence-corrected chi connectivity index (χ2v) is 8.33. The minimum Gasteiger partial charge on any atom is -0.384 e. The second kappa shape index (κ2) is 8.42. The number of carbonyl (C=O) groups excluding carboxylic acids is 1. The molecule has 0 fully saturated rings. The summed E-state index contributed by atoms with van der Waals surface area (Å²) in [7, 11) is -2.48. The molecular formula is C21H22N4O3S. The van der Waals surface area contributed by atoms with Crippen LogP contribution in [0.25, 0.3) is 10.8 Å². The van der Waals surface area contributed by atoms with Gasteiger partial charge in [0, 0.05) is 12.6 Å². The summed E-state index contributed by atoms with van der Waals surface area (Å²) in [6, 6.07) is 18.1. The highest BCUT2D eigenvalue weighted by molar-refractivity contribution is 7.89. The number of hydrogen-bond acceptors (Lipinski definition) is 4. The van der Waals surface area contributed by atoms with E-state index in [9.17, 15) is 13.2 Å². The molecule has 0 saturated heterocycles. The molecule has 0 radical (unpaired) electrons. The molecule has 3 aromatic carbocycles. The zero-order valence-electron chi connectivity index (χ0n) is 15.8. The van der Waals surface area contributed by atoms with E-state index in [4.69, 9.17) is 11.1 Å². The van der Waals surface area contributed by atoms with Gasteiger partial charge in [0.05, 0.1) is 4.90 Å². The van der Waals surface area contributed by atoms with Gasteiger partial charge >= 0.3 is 0 Å². The number of nitrogens with two attached hydrogens (primary N) is 1. The summed E-state index contributed by atoms with van der Waals surface area (Å²) in [4.78, 5) is 12.4. The van der Waals surface area contributed by atoms with Gasteiger partial charge < -0.3 is 11.1 Å². The number of sulfonamides is 1. The normalized spacial score (nSPS) is 12.4. The predicted molar refractivity (Wildman–Crippen MR) is 113 cm³/mol. The lowest BCUT2D eigenvalue weighted by Gasteiger charge is -2.18. The van der Waals surface area contributed by atoms with Crippen LogP contribution < -0.4 is 15.8 Å². The number of carbonyl (C=O) groups is 1. The Hall–Kier alpha value is -3.23. The quantitative estimate of drug-likeness (QED) is 0.350. The van der Waals surface area contributed by atoms with E-state index < -0.39 is 22.0 Å². The van der Waals surface area contributed by atoms with Crippen molar-refractivity contribution in [2.45, 2.75) is 17.4 Å². The number of fused-ring (bicyclic) bond motifs is 1. The van der Waals surface area contributed by atoms with Gasteiger partial charge in [0.25, 0.3) is 0 Å². The predicted octanol–water partition coefficient (Wildman–Crippen LogP) is 1.76. The number of hydrogen-bond donors (Lipinski definition) is 4. The lowest BCUT2D eigenvalue weighted by molar-refractivity contribution is -0.122. The topological polar surface area (TPSA) is 125 Å². The molecule has 0 aliphatic rings. The van der Waals surface area contributed by atoms with Crippen molar-refractivity contribution < 1.29 is 13.2 Å². The molecule has 1 atom stereocenters. The molecular weight excluding hydrogens is 388 g/mol. The Morgan fingerprint density at radius 2 is 1.76 bits per heavy atom. The minimum absolute atomic E-state index is 0.0857. The van der Waals surface area contributed by atoms with Gasteiger partial charge in [-0.2, -0.15) is 4.72 Å². The molecule has 0 aliphatic heterocycles. The largest absolute Gasteiger partial charge is 0.384 e. The maximum atomic E-state index is 12.9. The second-order valence-electron chi connectivity index (χ2n) is 6.62. The standard InChI is InChI=1S/C21H22N4O3S/c1-24-21(26)19(12-14-5-4-8-17(11-14)20(22)23)25-29(27,28)18-10-9-15-6-2-3-7-16(15)13-18/h2-11,13,19,25H,12H2,1H3,(H3,22,23)(H,24,26). The first kappa shape index (κ1) is 20.5. The zero-order valence-corrected chi connectivity index (χ0v) is 16.7. The van der Waals surface area contributed by atoms with Gasteiger partial charge in [-0.25, -0.2) is 8.42 Å². The summed E-state index contributed by atoms with van der Waals surface area (Å²) in [5, 5.41) is 11.8. The Bertz CT molecular complexity index is 1180. The smallest absolute Gasteiger partial charge is 0.241 e. The first-order valence-electron chi connectivity index (χ1n) is 8.96. The molecule has 0 heterocycles. The van der Waals surface area contributed by atoms with E-state index in [0.717, 1.165) is 10.8 Å². The van der Waals surface area contributed by atoms with Gasteiger partial charge in [-0.3, -0.25) is 10.2 Å². The maximum absolute atomic E-state index is 12.9. The monoisotopic (exact) mass is 410 g/mol. The van der Waals surface area contributed by atoms with Gasteiger partial charge in [0.15, 0.2) is 0 Å². The number of nitrogens with one attached hydrogen (secondary N) is 3. The molecule has 0 spiro atoms. The van der Waals surface area contributed by atoms with Gasteiger partial charge in [-0.15, -0.1) is 0 Å². The summed E-state index contributed by atoms with van der Waals surface area (Å²) < 4.78 is 28.4. The van der Waals surface area contributed by atoms with E-state index in [1.807, 2.05) is 24.3 Å². The summed E-state index contributed by atoms with van der Waals surface area (Å²) in [5.41, 5.74) is 6.71. The Morgan fingerprint density at radius 1 is 1.03 bits per heavy atom. The fourth-order valence-corrected chi connectivity index (χ4v) is 4.28. The molecule has 1 amide bonds. The van der Waals surface area contributed by atoms with Gasteiger partial charge in [0.1, 0.15) is 11.9 Å². The molecule has 0 bridgehead atoms. The summed E-state index contributed by atoms with van der Waals surface area (Å²) in [6.45, 7) is 0. The lowest BCUT2D eigenvalue weighted by atomic mass is 10.0. The number of nitrogen functional groups attached to an aromatic ring is 1. The van der Waals surface area contributed by atoms with E-state index in [1.165, 1.54) is 13.1 Å². The average Bonchev–Trinajstić information content (AvgIpc) is 2.72. The Morgan fingerprint density at radius 3 is 2.45 bits per heavy atom. The molecule has 29 heavy (non-hydrogen) atoms. The van der Waals surface area contributed by atoms with Crippen LogP contribution in [0.2, 0.25) is 0 Å². The van der Waals surface area contributed by atoms with Crippen molar-refractivity contribution >= 4 is 32.5 Å². The zero-order chi connectivity index (χ0) is 21.0. The van der Waals surface area contributed by atoms with Crippen molar-refractivity contribution in [3.05, 3.63) is 77.9 Å². The van der Waals surface area contributed by atoms with Gasteiger partial charge in [-0.1, -0.05) is 48.5 Å². The maximum Gasteiger partial charge on any atom is 0.241 e. The van der Waals surface area contributed by atoms with E-state index in [-0.39, 0.29) is 17.2 Å². The molecule has 5 N–H and O–H groups in total. The van der Waals surface area contributed by atoms with Crippen LogP contribution in [0, 0.1) is 5.41 Å². The van der Waals surface area contributed by atoms with E-state index in [2.05, 4.69) is 10.0 Å². The number of benzene rings is 3. The fraction of sp³-hybridized carbons (Fsp3) is 0.143. The van der Waals surface area contributed by atoms with Crippen LogP contribution in [-0.4, -0.2) is 33.3 Å². The van der Waals surface area contributed by atoms with Crippen molar-refractivity contribution in [3.63, 3.8) is 0 Å². The van der Waals surface area contributed by atoms with Crippen molar-refractivity contribution in [2.75, 3.05) is 7.05 Å². The molecule has 150 valence electrons. The van der Waals surface area contributed by atoms with Crippen molar-refractivity contribution in [1.82, 2.24) is 10.0 Å². The number of amidine groups is 1. The molecule has 3 aromatic rings. The average molecular weight is 410 g/mol. The third kappa shape index (κ3) is 4.79. The van der Waals surface area contributed by atoms with Crippen LogP contribution in [0.5, 0.6) is 0 Å². The van der Waals surface area contributed by atoms with E-state index in [0.29, 0.717) is 11.1 Å². The number of amides is 1. The molecule has 0 aliphatic carbocycles. The third-order valence-corrected chi connectivity index (χ3v) is 6.04. The van der Waals surface area contributed by atoms with Crippen LogP contribution in [0.1, 0.15) is 11.1 Å². The highest BCUT2D eigenvalue weighted by Gasteiger charge is 2.25. The van der Waals surface area contributed by atoms with Gasteiger partial charge in [-0.05, 0) is 41.0 Å². The highest BCUT2D eigenvalue weighted by atomic mass is 32.2. The Balaban J connectivity index is 1.89. The van der Waals surface area contributed by atoms with Gasteiger partial charge in [0.2, 0.25) is 15.9 Å². The Kier molecular flexibility index (Phi) is 5.95. The van der Waals surface area contributed by atoms with Crippen LogP contribution in [-0.2, 0) is 21.2 Å². The summed E-state index contributed by atoms with van der Waals surface area (Å²) in [5.74, 6) is -0.553. The van der Waals surface area contributed by atoms with E-state index in [1.54, 1.807) is 36.4 Å². The summed E-state index contributed by atoms with van der Waals surface area (Å²) in [6.07, 6.45) is 0.119. The van der Waals surface area contributed by atoms with Crippen LogP contribution in [0.15, 0.2) is 71.6 Å². The van der Waals surface area contributed by atoms with Crippen molar-refractivity contribution in [2.24, 2.45) is 5.73 Å². The van der Waals surface area contributed by atoms with E-state index >= 15 is 0 Å². The highest BCUT2D eigenvalue weighted by Crippen LogP contribution is 2.19. The van der Waals surface area contributed by atoms with Crippen LogP contribution >= 0.6 is 0 Å². The molecule has 0 saturated carbocycles. The molecule has 8 heteroatoms. The first-order chi connectivity index (χ1) is 13.8. The van der Waals surface area contributed by atoms with Crippen molar-refractivity contribution in [3.8, 4) is 0 Å². The van der Waals surface area contributed by atoms with Crippen molar-refractivity contribution in [1.29, 1.82) is 5.41 Å². The molecule has 3 rings (SSSR count). The number of likely N-dealkylation sites (N-methyl/N-ethyl adjacent to an activating group) is 1. The molecule has 7 nitrogen and oxygen atoms in total. The first-order valence-corrected chi connectivity index (χ1v) is 10.4. The summed E-state index contributed by atoms with van der Waals surface area (Å²) >= 11 is 0. The van der Waals surface area contributed by atoms with Crippen LogP contribution in [0.3, 0.4) is 0 Å². The molecule has 1 unspecified atom stereocenters. The fourth-order valence-electron chi connectivity index (χ4n) is 3.05. The van der Waals surface area contributed by atoms with Crippen LogP contribution in [0.4, 0.5) is 0 Å². The Labute approximate surface area is 169 Å². The third-order valence-electron chi connectivity index (χ3n) is 4.57. The lowest BCUT2D eigenvalue weighted by Crippen LogP contribution is -2.46. The minimum atomic E-state index is -3.93. The molecule has 0 aromatic heterocycles. The SMILES string of the molecule is CNC(=O)C(Cc1cccc(C(=N)N)c1)NS(=O)(=O)c1ccc2ccccc2c1.